The molecule has 0 saturated heterocycles. The van der Waals surface area contributed by atoms with E-state index in [9.17, 15) is 14.4 Å². The molecule has 0 aliphatic heterocycles. The van der Waals surface area contributed by atoms with Crippen LogP contribution in [0.5, 0.6) is 0 Å². The Hall–Kier alpha value is -2.37. The van der Waals surface area contributed by atoms with E-state index in [1.807, 2.05) is 0 Å². The molecule has 0 heterocycles. The summed E-state index contributed by atoms with van der Waals surface area (Å²) < 4.78 is 16.8. The molecule has 0 rings (SSSR count). The number of carbonyl (C=O) groups is 3. The smallest absolute Gasteiger partial charge is 0.306 e. The van der Waals surface area contributed by atoms with E-state index >= 15 is 0 Å². The number of rotatable bonds is 60. The summed E-state index contributed by atoms with van der Waals surface area (Å²) in [6, 6.07) is 0. The molecule has 0 fully saturated rings. The lowest BCUT2D eigenvalue weighted by Gasteiger charge is -2.18. The van der Waals surface area contributed by atoms with Gasteiger partial charge in [0.1, 0.15) is 13.2 Å². The topological polar surface area (TPSA) is 78.9 Å². The maximum Gasteiger partial charge on any atom is 0.306 e. The Morgan fingerprint density at radius 2 is 0.534 bits per heavy atom. The van der Waals surface area contributed by atoms with E-state index in [0.717, 1.165) is 96.3 Å². The number of ether oxygens (including phenoxy) is 3. The summed E-state index contributed by atoms with van der Waals surface area (Å²) in [6.07, 6.45) is 76.2. The molecule has 73 heavy (non-hydrogen) atoms. The Labute approximate surface area is 455 Å². The predicted molar refractivity (Wildman–Crippen MR) is 316 cm³/mol. The van der Waals surface area contributed by atoms with Crippen molar-refractivity contribution in [1.82, 2.24) is 0 Å². The normalized spacial score (nSPS) is 12.2. The molecule has 6 heteroatoms. The molecule has 0 N–H and O–H groups in total. The molecule has 6 nitrogen and oxygen atoms in total. The van der Waals surface area contributed by atoms with Gasteiger partial charge < -0.3 is 14.2 Å². The minimum absolute atomic E-state index is 0.0747. The summed E-state index contributed by atoms with van der Waals surface area (Å²) in [7, 11) is 0. The maximum atomic E-state index is 12.8. The van der Waals surface area contributed by atoms with Gasteiger partial charge in [-0.05, 0) is 51.4 Å². The average Bonchev–Trinajstić information content (AvgIpc) is 3.39. The van der Waals surface area contributed by atoms with E-state index in [2.05, 4.69) is 57.2 Å². The molecule has 0 aliphatic rings. The zero-order valence-corrected chi connectivity index (χ0v) is 49.2. The summed E-state index contributed by atoms with van der Waals surface area (Å²) in [5, 5.41) is 0. The van der Waals surface area contributed by atoms with Gasteiger partial charge >= 0.3 is 17.9 Å². The first-order valence-corrected chi connectivity index (χ1v) is 32.5. The van der Waals surface area contributed by atoms with Crippen molar-refractivity contribution in [1.29, 1.82) is 0 Å². The molecule has 1 unspecified atom stereocenters. The van der Waals surface area contributed by atoms with Crippen molar-refractivity contribution in [2.75, 3.05) is 13.2 Å². The number of allylic oxidation sites excluding steroid dienone is 6. The Morgan fingerprint density at radius 1 is 0.288 bits per heavy atom. The van der Waals surface area contributed by atoms with Crippen molar-refractivity contribution in [2.45, 2.75) is 361 Å². The van der Waals surface area contributed by atoms with Crippen LogP contribution >= 0.6 is 0 Å². The summed E-state index contributed by atoms with van der Waals surface area (Å²) in [6.45, 7) is 6.55. The largest absolute Gasteiger partial charge is 0.462 e. The van der Waals surface area contributed by atoms with Crippen LogP contribution in [0.1, 0.15) is 355 Å². The van der Waals surface area contributed by atoms with E-state index in [1.165, 1.54) is 218 Å². The molecular weight excluding hydrogens is 901 g/mol. The highest BCUT2D eigenvalue weighted by atomic mass is 16.6. The Morgan fingerprint density at radius 3 is 0.836 bits per heavy atom. The zero-order chi connectivity index (χ0) is 52.9. The lowest BCUT2D eigenvalue weighted by molar-refractivity contribution is -0.167. The molecule has 1 atom stereocenters. The minimum Gasteiger partial charge on any atom is -0.462 e. The van der Waals surface area contributed by atoms with E-state index < -0.39 is 6.10 Å². The number of unbranched alkanes of at least 4 members (excludes halogenated alkanes) is 43. The maximum absolute atomic E-state index is 12.8. The standard InChI is InChI=1S/C67H124O6/c1-4-7-10-13-16-19-21-23-25-26-27-28-29-30-31-32-33-34-35-36-37-38-39-40-42-43-45-48-51-54-57-60-66(69)72-63-64(62-71-65(68)59-56-53-50-47-18-15-12-9-6-3)73-67(70)61-58-55-52-49-46-44-41-24-22-20-17-14-11-8-5-2/h8,11,17,20,24,41,64H,4-7,9-10,12-16,18-19,21-23,25-40,42-63H2,1-3H3/b11-8-,20-17-,41-24-. The van der Waals surface area contributed by atoms with E-state index in [4.69, 9.17) is 14.2 Å². The van der Waals surface area contributed by atoms with Crippen molar-refractivity contribution in [3.63, 3.8) is 0 Å². The molecule has 0 aromatic carbocycles. The molecule has 0 amide bonds. The van der Waals surface area contributed by atoms with Gasteiger partial charge in [0.25, 0.3) is 0 Å². The lowest BCUT2D eigenvalue weighted by Crippen LogP contribution is -2.30. The van der Waals surface area contributed by atoms with E-state index in [0.29, 0.717) is 19.3 Å². The van der Waals surface area contributed by atoms with Gasteiger partial charge in [0.05, 0.1) is 0 Å². The second-order valence-corrected chi connectivity index (χ2v) is 22.0. The molecule has 0 aliphatic carbocycles. The summed E-state index contributed by atoms with van der Waals surface area (Å²) >= 11 is 0. The van der Waals surface area contributed by atoms with E-state index in [-0.39, 0.29) is 31.1 Å². The van der Waals surface area contributed by atoms with E-state index in [1.54, 1.807) is 0 Å². The Balaban J connectivity index is 4.03. The number of esters is 3. The van der Waals surface area contributed by atoms with Gasteiger partial charge in [0.2, 0.25) is 0 Å². The summed E-state index contributed by atoms with van der Waals surface area (Å²) in [4.78, 5) is 38.1. The van der Waals surface area contributed by atoms with Crippen LogP contribution in [0.25, 0.3) is 0 Å². The zero-order valence-electron chi connectivity index (χ0n) is 49.2. The third-order valence-electron chi connectivity index (χ3n) is 14.7. The molecule has 0 aromatic rings. The van der Waals surface area contributed by atoms with Crippen molar-refractivity contribution in [3.8, 4) is 0 Å². The third kappa shape index (κ3) is 60.4. The molecule has 0 aromatic heterocycles. The van der Waals surface area contributed by atoms with Crippen molar-refractivity contribution in [2.24, 2.45) is 0 Å². The van der Waals surface area contributed by atoms with Crippen molar-refractivity contribution in [3.05, 3.63) is 36.5 Å². The van der Waals surface area contributed by atoms with Crippen LogP contribution in [-0.4, -0.2) is 37.2 Å². The molecule has 428 valence electrons. The van der Waals surface area contributed by atoms with Crippen LogP contribution in [0.2, 0.25) is 0 Å². The quantitative estimate of drug-likeness (QED) is 0.0261. The first-order valence-electron chi connectivity index (χ1n) is 32.5. The average molecular weight is 1030 g/mol. The fraction of sp³-hybridized carbons (Fsp3) is 0.866. The molecule has 0 bridgehead atoms. The highest BCUT2D eigenvalue weighted by Gasteiger charge is 2.19. The minimum atomic E-state index is -0.777. The highest BCUT2D eigenvalue weighted by Crippen LogP contribution is 2.18. The number of hydrogen-bond donors (Lipinski definition) is 0. The monoisotopic (exact) mass is 1020 g/mol. The summed E-state index contributed by atoms with van der Waals surface area (Å²) in [5.74, 6) is -0.875. The first kappa shape index (κ1) is 70.6. The molecule has 0 saturated carbocycles. The second kappa shape index (κ2) is 62.2. The van der Waals surface area contributed by atoms with Crippen LogP contribution in [0.3, 0.4) is 0 Å². The van der Waals surface area contributed by atoms with Gasteiger partial charge in [0, 0.05) is 19.3 Å². The lowest BCUT2D eigenvalue weighted by atomic mass is 10.0. The molecular formula is C67H124O6. The third-order valence-corrected chi connectivity index (χ3v) is 14.7. The van der Waals surface area contributed by atoms with Gasteiger partial charge in [-0.3, -0.25) is 14.4 Å². The number of carbonyl (C=O) groups excluding carboxylic acids is 3. The van der Waals surface area contributed by atoms with Gasteiger partial charge in [-0.1, -0.05) is 320 Å². The molecule has 0 spiro atoms. The fourth-order valence-corrected chi connectivity index (χ4v) is 9.81. The van der Waals surface area contributed by atoms with Crippen molar-refractivity contribution >= 4 is 17.9 Å². The number of hydrogen-bond acceptors (Lipinski definition) is 6. The van der Waals surface area contributed by atoms with Gasteiger partial charge in [-0.2, -0.15) is 0 Å². The van der Waals surface area contributed by atoms with Gasteiger partial charge in [0.15, 0.2) is 6.10 Å². The van der Waals surface area contributed by atoms with Crippen LogP contribution in [0.4, 0.5) is 0 Å². The Bertz CT molecular complexity index is 1220. The van der Waals surface area contributed by atoms with Gasteiger partial charge in [-0.15, -0.1) is 0 Å². The van der Waals surface area contributed by atoms with Gasteiger partial charge in [-0.25, -0.2) is 0 Å². The highest BCUT2D eigenvalue weighted by molar-refractivity contribution is 5.71. The van der Waals surface area contributed by atoms with Crippen LogP contribution < -0.4 is 0 Å². The SMILES string of the molecule is CC/C=C\C/C=C\C/C=C\CCCCCCCC(=O)OC(COC(=O)CCCCCCCCCCC)COC(=O)CCCCCCCCCCCCCCCCCCCCCCCCCCCCCCCCC. The first-order chi connectivity index (χ1) is 36.0. The molecule has 0 radical (unpaired) electrons. The predicted octanol–water partition coefficient (Wildman–Crippen LogP) is 22.0. The second-order valence-electron chi connectivity index (χ2n) is 22.0. The van der Waals surface area contributed by atoms with Crippen molar-refractivity contribution < 1.29 is 28.6 Å². The van der Waals surface area contributed by atoms with Crippen LogP contribution in [0.15, 0.2) is 36.5 Å². The fourth-order valence-electron chi connectivity index (χ4n) is 9.81. The Kier molecular flexibility index (Phi) is 60.2. The summed E-state index contributed by atoms with van der Waals surface area (Å²) in [5.41, 5.74) is 0. The van der Waals surface area contributed by atoms with Crippen LogP contribution in [0, 0.1) is 0 Å². The van der Waals surface area contributed by atoms with Crippen LogP contribution in [-0.2, 0) is 28.6 Å².